The highest BCUT2D eigenvalue weighted by molar-refractivity contribution is 5.43. The molecule has 1 aliphatic heterocycles. The third-order valence-electron chi connectivity index (χ3n) is 6.29. The highest BCUT2D eigenvalue weighted by atomic mass is 16.5. The maximum absolute atomic E-state index is 11.0. The third-order valence-corrected chi connectivity index (χ3v) is 6.29. The summed E-state index contributed by atoms with van der Waals surface area (Å²) < 4.78 is 19.3. The van der Waals surface area contributed by atoms with Gasteiger partial charge >= 0.3 is 0 Å². The van der Waals surface area contributed by atoms with Crippen molar-refractivity contribution in [2.45, 2.75) is 45.4 Å². The first-order valence-electron chi connectivity index (χ1n) is 11.9. The van der Waals surface area contributed by atoms with E-state index in [9.17, 15) is 5.11 Å². The van der Waals surface area contributed by atoms with Gasteiger partial charge in [-0.15, -0.1) is 0 Å². The molecule has 0 spiro atoms. The summed E-state index contributed by atoms with van der Waals surface area (Å²) in [6.07, 6.45) is 5.21. The van der Waals surface area contributed by atoms with Crippen LogP contribution in [0.3, 0.4) is 0 Å². The predicted molar refractivity (Wildman–Crippen MR) is 132 cm³/mol. The predicted octanol–water partition coefficient (Wildman–Crippen LogP) is 3.99. The molecule has 4 rings (SSSR count). The largest absolute Gasteiger partial charge is 0.493 e. The highest BCUT2D eigenvalue weighted by Gasteiger charge is 2.33. The average molecular weight is 466 g/mol. The van der Waals surface area contributed by atoms with E-state index in [2.05, 4.69) is 22.1 Å². The van der Waals surface area contributed by atoms with E-state index in [1.54, 1.807) is 7.11 Å². The first-order chi connectivity index (χ1) is 16.4. The Balaban J connectivity index is 1.27. The molecule has 7 heteroatoms. The van der Waals surface area contributed by atoms with Gasteiger partial charge in [0, 0.05) is 25.8 Å². The third kappa shape index (κ3) is 6.52. The van der Waals surface area contributed by atoms with Crippen molar-refractivity contribution in [3.05, 3.63) is 71.5 Å². The van der Waals surface area contributed by atoms with Crippen molar-refractivity contribution < 1.29 is 19.3 Å². The second kappa shape index (κ2) is 10.9. The van der Waals surface area contributed by atoms with Crippen molar-refractivity contribution in [2.75, 3.05) is 33.4 Å². The van der Waals surface area contributed by atoms with Gasteiger partial charge in [-0.05, 0) is 62.1 Å². The van der Waals surface area contributed by atoms with E-state index in [1.807, 2.05) is 61.3 Å². The van der Waals surface area contributed by atoms with E-state index < -0.39 is 5.60 Å². The molecule has 0 aliphatic carbocycles. The molecule has 0 amide bonds. The zero-order chi connectivity index (χ0) is 24.0. The molecule has 2 aromatic carbocycles. The molecular weight excluding hydrogens is 430 g/mol. The second-order valence-corrected chi connectivity index (χ2v) is 9.22. The van der Waals surface area contributed by atoms with Crippen molar-refractivity contribution >= 4 is 0 Å². The molecule has 0 bridgehead atoms. The molecule has 34 heavy (non-hydrogen) atoms. The molecule has 0 saturated carbocycles. The van der Waals surface area contributed by atoms with Gasteiger partial charge < -0.3 is 19.3 Å². The zero-order valence-corrected chi connectivity index (χ0v) is 20.4. The van der Waals surface area contributed by atoms with Gasteiger partial charge in [-0.3, -0.25) is 9.58 Å². The van der Waals surface area contributed by atoms with Gasteiger partial charge in [-0.25, -0.2) is 0 Å². The lowest BCUT2D eigenvalue weighted by molar-refractivity contribution is -0.0537. The Kier molecular flexibility index (Phi) is 7.75. The minimum absolute atomic E-state index is 0.320. The summed E-state index contributed by atoms with van der Waals surface area (Å²) in [4.78, 5) is 2.36. The Bertz CT molecular complexity index is 1060. The number of ether oxygens (including phenoxy) is 3. The number of aromatic nitrogens is 2. The van der Waals surface area contributed by atoms with Crippen molar-refractivity contribution in [3.8, 4) is 17.2 Å². The number of rotatable bonds is 10. The molecule has 1 fully saturated rings. The van der Waals surface area contributed by atoms with Crippen LogP contribution in [-0.2, 0) is 13.1 Å². The first-order valence-corrected chi connectivity index (χ1v) is 11.9. The van der Waals surface area contributed by atoms with Gasteiger partial charge in [0.15, 0.2) is 11.5 Å². The van der Waals surface area contributed by atoms with Crippen LogP contribution in [0.25, 0.3) is 0 Å². The summed E-state index contributed by atoms with van der Waals surface area (Å²) >= 11 is 0. The van der Waals surface area contributed by atoms with Crippen LogP contribution in [0.1, 0.15) is 29.5 Å². The Morgan fingerprint density at radius 1 is 0.971 bits per heavy atom. The maximum atomic E-state index is 11.0. The molecule has 0 unspecified atom stereocenters. The van der Waals surface area contributed by atoms with Gasteiger partial charge in [-0.1, -0.05) is 23.8 Å². The van der Waals surface area contributed by atoms with Gasteiger partial charge in [0.1, 0.15) is 24.6 Å². The summed E-state index contributed by atoms with van der Waals surface area (Å²) in [6.45, 7) is 8.01. The number of nitrogens with zero attached hydrogens (tertiary/aromatic N) is 3. The highest BCUT2D eigenvalue weighted by Crippen LogP contribution is 2.30. The Hall–Kier alpha value is -3.03. The number of hydrogen-bond acceptors (Lipinski definition) is 6. The minimum atomic E-state index is -0.791. The summed E-state index contributed by atoms with van der Waals surface area (Å²) in [5, 5.41) is 15.3. The lowest BCUT2D eigenvalue weighted by Gasteiger charge is -2.38. The summed E-state index contributed by atoms with van der Waals surface area (Å²) in [5.41, 5.74) is 2.70. The van der Waals surface area contributed by atoms with Crippen molar-refractivity contribution in [1.82, 2.24) is 14.7 Å². The van der Waals surface area contributed by atoms with Crippen LogP contribution >= 0.6 is 0 Å². The van der Waals surface area contributed by atoms with Crippen LogP contribution in [0.4, 0.5) is 0 Å². The number of piperidine rings is 1. The number of likely N-dealkylation sites (tertiary alicyclic amines) is 1. The van der Waals surface area contributed by atoms with Gasteiger partial charge in [-0.2, -0.15) is 5.10 Å². The Morgan fingerprint density at radius 3 is 2.41 bits per heavy atom. The molecule has 1 aliphatic rings. The van der Waals surface area contributed by atoms with E-state index in [1.165, 1.54) is 5.56 Å². The van der Waals surface area contributed by atoms with Gasteiger partial charge in [0.05, 0.1) is 19.9 Å². The molecule has 7 nitrogen and oxygen atoms in total. The number of benzene rings is 2. The monoisotopic (exact) mass is 465 g/mol. The Morgan fingerprint density at radius 2 is 1.74 bits per heavy atom. The lowest BCUT2D eigenvalue weighted by Crippen LogP contribution is -2.47. The normalized spacial score (nSPS) is 15.8. The summed E-state index contributed by atoms with van der Waals surface area (Å²) in [6, 6.07) is 14.0. The van der Waals surface area contributed by atoms with Crippen molar-refractivity contribution in [2.24, 2.45) is 0 Å². The van der Waals surface area contributed by atoms with E-state index in [-0.39, 0.29) is 0 Å². The maximum Gasteiger partial charge on any atom is 0.161 e. The van der Waals surface area contributed by atoms with E-state index in [0.717, 1.165) is 48.0 Å². The van der Waals surface area contributed by atoms with Gasteiger partial charge in [0.25, 0.3) is 0 Å². The van der Waals surface area contributed by atoms with Crippen LogP contribution in [-0.4, -0.2) is 58.8 Å². The lowest BCUT2D eigenvalue weighted by atomic mass is 9.92. The van der Waals surface area contributed by atoms with Crippen LogP contribution in [0.15, 0.2) is 54.9 Å². The fraction of sp³-hybridized carbons (Fsp3) is 0.444. The number of aryl methyl sites for hydroxylation is 2. The molecule has 1 saturated heterocycles. The van der Waals surface area contributed by atoms with E-state index >= 15 is 0 Å². The van der Waals surface area contributed by atoms with Gasteiger partial charge in [0.2, 0.25) is 0 Å². The SMILES string of the molecule is COc1ccc(CN2CCC(O)(COc3ccc(C)cc3)CC2)cc1OCCn1cc(C)cn1. The van der Waals surface area contributed by atoms with E-state index in [0.29, 0.717) is 32.6 Å². The zero-order valence-electron chi connectivity index (χ0n) is 20.4. The van der Waals surface area contributed by atoms with Crippen LogP contribution in [0.5, 0.6) is 17.2 Å². The quantitative estimate of drug-likeness (QED) is 0.488. The Labute approximate surface area is 201 Å². The van der Waals surface area contributed by atoms with E-state index in [4.69, 9.17) is 14.2 Å². The number of aliphatic hydroxyl groups is 1. The first kappa shape index (κ1) is 24.1. The molecule has 1 N–H and O–H groups in total. The smallest absolute Gasteiger partial charge is 0.161 e. The molecule has 3 aromatic rings. The fourth-order valence-electron chi connectivity index (χ4n) is 4.15. The summed E-state index contributed by atoms with van der Waals surface area (Å²) in [5.74, 6) is 2.26. The molecule has 1 aromatic heterocycles. The number of hydrogen-bond donors (Lipinski definition) is 1. The minimum Gasteiger partial charge on any atom is -0.493 e. The second-order valence-electron chi connectivity index (χ2n) is 9.22. The van der Waals surface area contributed by atoms with Crippen molar-refractivity contribution in [1.29, 1.82) is 0 Å². The average Bonchev–Trinajstić information content (AvgIpc) is 3.25. The summed E-state index contributed by atoms with van der Waals surface area (Å²) in [7, 11) is 1.66. The molecule has 182 valence electrons. The molecule has 2 heterocycles. The topological polar surface area (TPSA) is 69.0 Å². The van der Waals surface area contributed by atoms with Crippen LogP contribution in [0, 0.1) is 13.8 Å². The van der Waals surface area contributed by atoms with Crippen LogP contribution < -0.4 is 14.2 Å². The van der Waals surface area contributed by atoms with Crippen LogP contribution in [0.2, 0.25) is 0 Å². The molecule has 0 radical (unpaired) electrons. The fourth-order valence-corrected chi connectivity index (χ4v) is 4.15. The molecular formula is C27H35N3O4. The number of methoxy groups -OCH3 is 1. The standard InChI is InChI=1S/C27H35N3O4/c1-21-4-7-24(8-5-21)34-20-27(31)10-12-29(13-11-27)19-23-6-9-25(32-3)26(16-23)33-15-14-30-18-22(2)17-28-30/h4-9,16-18,31H,10-15,19-20H2,1-3H3. The van der Waals surface area contributed by atoms with Crippen molar-refractivity contribution in [3.63, 3.8) is 0 Å². The molecule has 0 atom stereocenters.